The average molecular weight is 739 g/mol. The Morgan fingerprint density at radius 2 is 0.722 bits per heavy atom. The first-order valence-electron chi connectivity index (χ1n) is 16.8. The van der Waals surface area contributed by atoms with Gasteiger partial charge in [0, 0.05) is 22.3 Å². The summed E-state index contributed by atoms with van der Waals surface area (Å²) in [5, 5.41) is 0. The third-order valence-corrected chi connectivity index (χ3v) is 9.07. The van der Waals surface area contributed by atoms with Gasteiger partial charge in [-0.2, -0.15) is 26.3 Å². The Kier molecular flexibility index (Phi) is 10.5. The van der Waals surface area contributed by atoms with Crippen LogP contribution in [0.2, 0.25) is 0 Å². The van der Waals surface area contributed by atoms with Gasteiger partial charge in [0.05, 0.1) is 0 Å². The molecule has 0 aliphatic carbocycles. The van der Waals surface area contributed by atoms with E-state index in [1.807, 2.05) is 38.1 Å². The molecule has 0 N–H and O–H groups in total. The molecule has 0 spiro atoms. The first-order valence-corrected chi connectivity index (χ1v) is 16.8. The SMILES string of the molecule is CCc1ccc(C(=O)c2ccc(Oc3ccc(C(c4ccc(Oc5ccc(C(=O)c6ccc(C)cc6)cc5)cc4)(C(F)(F)F)C(F)(F)F)cc3)cc2)cc1. The number of carbonyl (C=O) groups excluding carboxylic acids is 2. The third kappa shape index (κ3) is 7.64. The lowest BCUT2D eigenvalue weighted by Gasteiger charge is -2.38. The van der Waals surface area contributed by atoms with Gasteiger partial charge < -0.3 is 9.47 Å². The Hall–Kier alpha value is -6.16. The molecular weight excluding hydrogens is 706 g/mol. The summed E-state index contributed by atoms with van der Waals surface area (Å²) in [6.45, 7) is 3.90. The standard InChI is InChI=1S/C44H32F6O4/c1-3-29-6-10-31(11-7-29)41(52)33-14-22-37(23-15-33)54-39-26-18-35(19-27-39)42(43(45,46)47,44(48,49)50)34-16-24-38(25-17-34)53-36-20-12-32(13-21-36)40(51)30-8-4-28(2)5-9-30/h4-27H,3H2,1-2H3. The minimum atomic E-state index is -5.80. The van der Waals surface area contributed by atoms with Gasteiger partial charge in [-0.15, -0.1) is 0 Å². The van der Waals surface area contributed by atoms with Crippen molar-refractivity contribution in [3.63, 3.8) is 0 Å². The highest BCUT2D eigenvalue weighted by Gasteiger charge is 2.72. The van der Waals surface area contributed by atoms with Crippen molar-refractivity contribution in [3.05, 3.63) is 190 Å². The number of aryl methyl sites for hydroxylation is 2. The maximum atomic E-state index is 14.8. The Bertz CT molecular complexity index is 2210. The molecule has 10 heteroatoms. The van der Waals surface area contributed by atoms with Crippen LogP contribution in [0.15, 0.2) is 146 Å². The Morgan fingerprint density at radius 3 is 1.02 bits per heavy atom. The van der Waals surface area contributed by atoms with E-state index in [4.69, 9.17) is 9.47 Å². The molecule has 0 aliphatic rings. The van der Waals surface area contributed by atoms with Crippen molar-refractivity contribution in [2.24, 2.45) is 0 Å². The smallest absolute Gasteiger partial charge is 0.411 e. The number of hydrogen-bond acceptors (Lipinski definition) is 4. The Morgan fingerprint density at radius 1 is 0.444 bits per heavy atom. The van der Waals surface area contributed by atoms with Crippen molar-refractivity contribution in [3.8, 4) is 23.0 Å². The normalized spacial score (nSPS) is 11.9. The second-order valence-electron chi connectivity index (χ2n) is 12.6. The Balaban J connectivity index is 1.20. The van der Waals surface area contributed by atoms with Crippen LogP contribution in [-0.4, -0.2) is 23.9 Å². The van der Waals surface area contributed by atoms with Crippen LogP contribution in [0.25, 0.3) is 0 Å². The molecule has 0 atom stereocenters. The molecule has 6 aromatic rings. The van der Waals surface area contributed by atoms with E-state index < -0.39 is 28.9 Å². The molecule has 0 amide bonds. The maximum Gasteiger partial charge on any atom is 0.411 e. The second kappa shape index (κ2) is 15.1. The molecule has 274 valence electrons. The van der Waals surface area contributed by atoms with E-state index in [-0.39, 0.29) is 34.6 Å². The first kappa shape index (κ1) is 37.6. The van der Waals surface area contributed by atoms with E-state index in [1.54, 1.807) is 24.3 Å². The Labute approximate surface area is 307 Å². The van der Waals surface area contributed by atoms with E-state index in [0.717, 1.165) is 66.1 Å². The fraction of sp³-hybridized carbons (Fsp3) is 0.136. The number of hydrogen-bond donors (Lipinski definition) is 0. The summed E-state index contributed by atoms with van der Waals surface area (Å²) < 4.78 is 100. The van der Waals surface area contributed by atoms with E-state index in [2.05, 4.69) is 0 Å². The molecule has 0 unspecified atom stereocenters. The molecule has 4 nitrogen and oxygen atoms in total. The molecule has 0 radical (unpaired) electrons. The molecule has 0 saturated carbocycles. The summed E-state index contributed by atoms with van der Waals surface area (Å²) in [4.78, 5) is 25.6. The number of alkyl halides is 6. The van der Waals surface area contributed by atoms with Crippen molar-refractivity contribution < 1.29 is 45.4 Å². The van der Waals surface area contributed by atoms with Gasteiger partial charge in [-0.25, -0.2) is 0 Å². The summed E-state index contributed by atoms with van der Waals surface area (Å²) in [6, 6.07) is 33.3. The lowest BCUT2D eigenvalue weighted by molar-refractivity contribution is -0.288. The van der Waals surface area contributed by atoms with Gasteiger partial charge in [0.15, 0.2) is 11.6 Å². The fourth-order valence-corrected chi connectivity index (χ4v) is 6.08. The third-order valence-electron chi connectivity index (χ3n) is 9.07. The second-order valence-corrected chi connectivity index (χ2v) is 12.6. The van der Waals surface area contributed by atoms with Gasteiger partial charge in [-0.1, -0.05) is 85.3 Å². The predicted octanol–water partition coefficient (Wildman–Crippen LogP) is 12.0. The summed E-state index contributed by atoms with van der Waals surface area (Å²) in [7, 11) is 0. The van der Waals surface area contributed by atoms with Crippen LogP contribution in [0.3, 0.4) is 0 Å². The van der Waals surface area contributed by atoms with Crippen LogP contribution in [0.1, 0.15) is 61.0 Å². The summed E-state index contributed by atoms with van der Waals surface area (Å²) in [5.74, 6) is -0.0228. The molecule has 0 heterocycles. The van der Waals surface area contributed by atoms with Gasteiger partial charge in [-0.05, 0) is 103 Å². The van der Waals surface area contributed by atoms with Crippen LogP contribution in [0.5, 0.6) is 23.0 Å². The largest absolute Gasteiger partial charge is 0.457 e. The van der Waals surface area contributed by atoms with Crippen molar-refractivity contribution >= 4 is 11.6 Å². The lowest BCUT2D eigenvalue weighted by Crippen LogP contribution is -2.54. The molecule has 6 rings (SSSR count). The minimum absolute atomic E-state index is 0.0124. The molecule has 6 aromatic carbocycles. The zero-order valence-electron chi connectivity index (χ0n) is 29.0. The predicted molar refractivity (Wildman–Crippen MR) is 193 cm³/mol. The van der Waals surface area contributed by atoms with Gasteiger partial charge in [0.25, 0.3) is 0 Å². The monoisotopic (exact) mass is 738 g/mol. The van der Waals surface area contributed by atoms with E-state index in [9.17, 15) is 35.9 Å². The lowest BCUT2D eigenvalue weighted by atomic mass is 9.73. The highest BCUT2D eigenvalue weighted by molar-refractivity contribution is 6.09. The van der Waals surface area contributed by atoms with Gasteiger partial charge in [0.2, 0.25) is 5.41 Å². The number of ketones is 2. The highest BCUT2D eigenvalue weighted by Crippen LogP contribution is 2.56. The number of rotatable bonds is 11. The van der Waals surface area contributed by atoms with Crippen LogP contribution in [0.4, 0.5) is 26.3 Å². The van der Waals surface area contributed by atoms with Crippen molar-refractivity contribution in [2.75, 3.05) is 0 Å². The summed E-state index contributed by atoms with van der Waals surface area (Å²) >= 11 is 0. The van der Waals surface area contributed by atoms with E-state index in [0.29, 0.717) is 22.3 Å². The van der Waals surface area contributed by atoms with Crippen molar-refractivity contribution in [2.45, 2.75) is 38.0 Å². The summed E-state index contributed by atoms with van der Waals surface area (Å²) in [5.41, 5.74) is -2.70. The molecule has 0 aliphatic heterocycles. The average Bonchev–Trinajstić information content (AvgIpc) is 3.16. The van der Waals surface area contributed by atoms with E-state index in [1.165, 1.54) is 48.5 Å². The highest BCUT2D eigenvalue weighted by atomic mass is 19.4. The molecular formula is C44H32F6O4. The number of carbonyl (C=O) groups is 2. The van der Waals surface area contributed by atoms with Gasteiger partial charge in [0.1, 0.15) is 23.0 Å². The van der Waals surface area contributed by atoms with E-state index >= 15 is 0 Å². The zero-order valence-corrected chi connectivity index (χ0v) is 29.0. The van der Waals surface area contributed by atoms with Gasteiger partial charge >= 0.3 is 12.4 Å². The zero-order chi connectivity index (χ0) is 38.7. The molecule has 0 saturated heterocycles. The number of ether oxygens (including phenoxy) is 2. The van der Waals surface area contributed by atoms with Crippen molar-refractivity contribution in [1.82, 2.24) is 0 Å². The van der Waals surface area contributed by atoms with Gasteiger partial charge in [-0.3, -0.25) is 9.59 Å². The first-order chi connectivity index (χ1) is 25.7. The number of halogens is 6. The van der Waals surface area contributed by atoms with Crippen LogP contribution < -0.4 is 9.47 Å². The minimum Gasteiger partial charge on any atom is -0.457 e. The molecule has 0 fully saturated rings. The summed E-state index contributed by atoms with van der Waals surface area (Å²) in [6.07, 6.45) is -10.8. The molecule has 0 bridgehead atoms. The maximum absolute atomic E-state index is 14.8. The number of benzene rings is 6. The topological polar surface area (TPSA) is 52.6 Å². The fourth-order valence-electron chi connectivity index (χ4n) is 6.08. The quantitative estimate of drug-likeness (QED) is 0.0981. The van der Waals surface area contributed by atoms with Crippen LogP contribution in [-0.2, 0) is 11.8 Å². The van der Waals surface area contributed by atoms with Crippen LogP contribution in [0, 0.1) is 6.92 Å². The van der Waals surface area contributed by atoms with Crippen molar-refractivity contribution in [1.29, 1.82) is 0 Å². The molecule has 0 aromatic heterocycles. The molecule has 54 heavy (non-hydrogen) atoms. The van der Waals surface area contributed by atoms with Crippen LogP contribution >= 0.6 is 0 Å².